The van der Waals surface area contributed by atoms with Gasteiger partial charge < -0.3 is 10.1 Å². The van der Waals surface area contributed by atoms with Gasteiger partial charge in [0.15, 0.2) is 0 Å². The van der Waals surface area contributed by atoms with Crippen LogP contribution < -0.4 is 5.32 Å². The number of carbonyl (C=O) groups is 1. The lowest BCUT2D eigenvalue weighted by Crippen LogP contribution is -2.53. The van der Waals surface area contributed by atoms with Crippen LogP contribution in [-0.4, -0.2) is 48.7 Å². The van der Waals surface area contributed by atoms with Gasteiger partial charge in [-0.25, -0.2) is 0 Å². The van der Waals surface area contributed by atoms with E-state index in [9.17, 15) is 4.79 Å². The van der Waals surface area contributed by atoms with Gasteiger partial charge in [0.2, 0.25) is 0 Å². The Hall–Kier alpha value is -0.610. The van der Waals surface area contributed by atoms with Gasteiger partial charge in [0.25, 0.3) is 0 Å². The zero-order valence-corrected chi connectivity index (χ0v) is 12.5. The van der Waals surface area contributed by atoms with Crippen LogP contribution >= 0.6 is 0 Å². The summed E-state index contributed by atoms with van der Waals surface area (Å²) in [7, 11) is 1.83. The molecule has 0 aliphatic heterocycles. The molecule has 1 fully saturated rings. The zero-order chi connectivity index (χ0) is 13.8. The van der Waals surface area contributed by atoms with E-state index >= 15 is 0 Å². The lowest BCUT2D eigenvalue weighted by molar-refractivity contribution is -0.151. The number of likely N-dealkylation sites (N-methyl/N-ethyl adjacent to an activating group) is 1. The first-order valence-electron chi connectivity index (χ1n) is 7.10. The number of nitrogens with one attached hydrogen (secondary N) is 1. The van der Waals surface area contributed by atoms with Gasteiger partial charge in [0.1, 0.15) is 5.54 Å². The van der Waals surface area contributed by atoms with E-state index in [0.717, 1.165) is 19.0 Å². The number of carbonyl (C=O) groups excluding carboxylic acids is 1. The third-order valence-electron chi connectivity index (χ3n) is 3.93. The molecule has 18 heavy (non-hydrogen) atoms. The van der Waals surface area contributed by atoms with Gasteiger partial charge in [-0.3, -0.25) is 9.69 Å². The Morgan fingerprint density at radius 2 is 2.11 bits per heavy atom. The van der Waals surface area contributed by atoms with E-state index in [1.54, 1.807) is 0 Å². The highest BCUT2D eigenvalue weighted by molar-refractivity contribution is 5.80. The van der Waals surface area contributed by atoms with Gasteiger partial charge in [0.05, 0.1) is 6.61 Å². The summed E-state index contributed by atoms with van der Waals surface area (Å²) in [4.78, 5) is 14.5. The van der Waals surface area contributed by atoms with E-state index < -0.39 is 5.54 Å². The summed E-state index contributed by atoms with van der Waals surface area (Å²) in [5.74, 6) is -0.147. The maximum absolute atomic E-state index is 12.0. The number of esters is 1. The molecule has 1 rings (SSSR count). The first-order chi connectivity index (χ1) is 8.48. The minimum Gasteiger partial charge on any atom is -0.465 e. The lowest BCUT2D eigenvalue weighted by Gasteiger charge is -2.35. The molecular weight excluding hydrogens is 228 g/mol. The smallest absolute Gasteiger partial charge is 0.326 e. The number of hydrogen-bond donors (Lipinski definition) is 1. The molecule has 1 N–H and O–H groups in total. The fraction of sp³-hybridized carbons (Fsp3) is 0.929. The third-order valence-corrected chi connectivity index (χ3v) is 3.93. The lowest BCUT2D eigenvalue weighted by atomic mass is 9.93. The van der Waals surface area contributed by atoms with Crippen molar-refractivity contribution >= 4 is 5.97 Å². The number of ether oxygens (including phenoxy) is 1. The molecular formula is C14H28N2O2. The molecule has 0 aromatic carbocycles. The Labute approximate surface area is 111 Å². The molecule has 4 heteroatoms. The molecule has 2 unspecified atom stereocenters. The van der Waals surface area contributed by atoms with Crippen molar-refractivity contribution in [2.24, 2.45) is 0 Å². The van der Waals surface area contributed by atoms with Crippen molar-refractivity contribution in [3.63, 3.8) is 0 Å². The highest BCUT2D eigenvalue weighted by Gasteiger charge is 2.38. The molecule has 106 valence electrons. The first kappa shape index (κ1) is 15.4. The van der Waals surface area contributed by atoms with Crippen molar-refractivity contribution < 1.29 is 9.53 Å². The van der Waals surface area contributed by atoms with Crippen molar-refractivity contribution in [2.75, 3.05) is 20.2 Å². The monoisotopic (exact) mass is 256 g/mol. The van der Waals surface area contributed by atoms with E-state index in [0.29, 0.717) is 12.6 Å². The molecule has 2 atom stereocenters. The molecule has 0 spiro atoms. The SMILES string of the molecule is CCOC(=O)C(C)(CC(C)N(CC)C1CC1)NC. The minimum atomic E-state index is -0.586. The second-order valence-electron chi connectivity index (χ2n) is 5.42. The molecule has 0 radical (unpaired) electrons. The van der Waals surface area contributed by atoms with Gasteiger partial charge in [-0.05, 0) is 53.6 Å². The normalized spacial score (nSPS) is 20.6. The molecule has 0 aromatic rings. The maximum atomic E-state index is 12.0. The third kappa shape index (κ3) is 3.69. The Kier molecular flexibility index (Phi) is 5.60. The second kappa shape index (κ2) is 6.53. The molecule has 0 heterocycles. The molecule has 4 nitrogen and oxygen atoms in total. The number of nitrogens with zero attached hydrogens (tertiary/aromatic N) is 1. The fourth-order valence-corrected chi connectivity index (χ4v) is 2.62. The summed E-state index contributed by atoms with van der Waals surface area (Å²) in [6.45, 7) is 9.66. The van der Waals surface area contributed by atoms with E-state index in [1.807, 2.05) is 20.9 Å². The van der Waals surface area contributed by atoms with Gasteiger partial charge in [-0.1, -0.05) is 6.92 Å². The van der Waals surface area contributed by atoms with Gasteiger partial charge >= 0.3 is 5.97 Å². The number of hydrogen-bond acceptors (Lipinski definition) is 4. The summed E-state index contributed by atoms with van der Waals surface area (Å²) < 4.78 is 5.17. The fourth-order valence-electron chi connectivity index (χ4n) is 2.62. The van der Waals surface area contributed by atoms with Gasteiger partial charge in [0, 0.05) is 12.1 Å². The molecule has 1 aliphatic carbocycles. The highest BCUT2D eigenvalue weighted by atomic mass is 16.5. The molecule has 0 amide bonds. The largest absolute Gasteiger partial charge is 0.465 e. The van der Waals surface area contributed by atoms with Crippen LogP contribution in [0.2, 0.25) is 0 Å². The maximum Gasteiger partial charge on any atom is 0.326 e. The van der Waals surface area contributed by atoms with E-state index in [4.69, 9.17) is 4.74 Å². The topological polar surface area (TPSA) is 41.6 Å². The summed E-state index contributed by atoms with van der Waals surface area (Å²) >= 11 is 0. The molecule has 0 bridgehead atoms. The van der Waals surface area contributed by atoms with Crippen LogP contribution in [0.4, 0.5) is 0 Å². The minimum absolute atomic E-state index is 0.147. The quantitative estimate of drug-likeness (QED) is 0.672. The van der Waals surface area contributed by atoms with Crippen LogP contribution in [0.25, 0.3) is 0 Å². The van der Waals surface area contributed by atoms with Crippen molar-refractivity contribution in [1.29, 1.82) is 0 Å². The predicted octanol–water partition coefficient (Wildman–Crippen LogP) is 1.79. The zero-order valence-electron chi connectivity index (χ0n) is 12.5. The Balaban J connectivity index is 2.62. The van der Waals surface area contributed by atoms with E-state index in [-0.39, 0.29) is 5.97 Å². The summed E-state index contributed by atoms with van der Waals surface area (Å²) in [5.41, 5.74) is -0.586. The molecule has 0 saturated heterocycles. The average Bonchev–Trinajstić information content (AvgIpc) is 3.14. The first-order valence-corrected chi connectivity index (χ1v) is 7.10. The van der Waals surface area contributed by atoms with Crippen molar-refractivity contribution in [2.45, 2.75) is 64.6 Å². The Morgan fingerprint density at radius 1 is 1.50 bits per heavy atom. The van der Waals surface area contributed by atoms with Crippen LogP contribution in [0.1, 0.15) is 47.0 Å². The van der Waals surface area contributed by atoms with Crippen molar-refractivity contribution in [1.82, 2.24) is 10.2 Å². The van der Waals surface area contributed by atoms with Crippen LogP contribution in [0.5, 0.6) is 0 Å². The Morgan fingerprint density at radius 3 is 2.50 bits per heavy atom. The summed E-state index contributed by atoms with van der Waals surface area (Å²) in [5, 5.41) is 3.13. The Bertz CT molecular complexity index is 279. The second-order valence-corrected chi connectivity index (χ2v) is 5.42. The highest BCUT2D eigenvalue weighted by Crippen LogP contribution is 2.30. The van der Waals surface area contributed by atoms with Crippen LogP contribution in [-0.2, 0) is 9.53 Å². The average molecular weight is 256 g/mol. The summed E-state index contributed by atoms with van der Waals surface area (Å²) in [6.07, 6.45) is 3.38. The molecule has 1 aliphatic rings. The molecule has 1 saturated carbocycles. The van der Waals surface area contributed by atoms with E-state index in [2.05, 4.69) is 24.1 Å². The van der Waals surface area contributed by atoms with Crippen LogP contribution in [0.3, 0.4) is 0 Å². The van der Waals surface area contributed by atoms with Gasteiger partial charge in [-0.2, -0.15) is 0 Å². The van der Waals surface area contributed by atoms with Crippen molar-refractivity contribution in [3.8, 4) is 0 Å². The van der Waals surface area contributed by atoms with Crippen molar-refractivity contribution in [3.05, 3.63) is 0 Å². The summed E-state index contributed by atoms with van der Waals surface area (Å²) in [6, 6.07) is 1.12. The number of rotatable bonds is 8. The molecule has 0 aromatic heterocycles. The van der Waals surface area contributed by atoms with Gasteiger partial charge in [-0.15, -0.1) is 0 Å². The van der Waals surface area contributed by atoms with Crippen LogP contribution in [0.15, 0.2) is 0 Å². The standard InChI is InChI=1S/C14H28N2O2/c1-6-16(12-8-9-12)11(3)10-14(4,15-5)13(17)18-7-2/h11-12,15H,6-10H2,1-5H3. The van der Waals surface area contributed by atoms with E-state index in [1.165, 1.54) is 12.8 Å². The predicted molar refractivity (Wildman–Crippen MR) is 73.6 cm³/mol. The van der Waals surface area contributed by atoms with Crippen LogP contribution in [0, 0.1) is 0 Å².